The van der Waals surface area contributed by atoms with Gasteiger partial charge in [0.05, 0.1) is 13.0 Å². The van der Waals surface area contributed by atoms with E-state index in [4.69, 9.17) is 9.84 Å². The molecular formula is C13H15NO4. The van der Waals surface area contributed by atoms with Crippen molar-refractivity contribution in [3.8, 4) is 5.75 Å². The number of nitrogens with zero attached hydrogens (tertiary/aromatic N) is 1. The summed E-state index contributed by atoms with van der Waals surface area (Å²) in [6.45, 7) is 0.840. The van der Waals surface area contributed by atoms with Crippen LogP contribution in [0.15, 0.2) is 18.2 Å². The molecule has 1 heterocycles. The highest BCUT2D eigenvalue weighted by Gasteiger charge is 2.21. The van der Waals surface area contributed by atoms with Crippen molar-refractivity contribution < 1.29 is 19.4 Å². The highest BCUT2D eigenvalue weighted by atomic mass is 16.5. The number of carboxylic acids is 1. The van der Waals surface area contributed by atoms with Gasteiger partial charge >= 0.3 is 5.97 Å². The van der Waals surface area contributed by atoms with Crippen LogP contribution < -0.4 is 4.74 Å². The lowest BCUT2D eigenvalue weighted by Crippen LogP contribution is -2.34. The van der Waals surface area contributed by atoms with Crippen LogP contribution in [0.1, 0.15) is 22.3 Å². The molecule has 1 N–H and O–H groups in total. The van der Waals surface area contributed by atoms with Crippen molar-refractivity contribution in [2.75, 3.05) is 20.2 Å². The van der Waals surface area contributed by atoms with Crippen LogP contribution in [-0.4, -0.2) is 42.1 Å². The summed E-state index contributed by atoms with van der Waals surface area (Å²) < 4.78 is 5.34. The van der Waals surface area contributed by atoms with Gasteiger partial charge < -0.3 is 14.7 Å². The highest BCUT2D eigenvalue weighted by Crippen LogP contribution is 2.23. The third kappa shape index (κ3) is 2.61. The van der Waals surface area contributed by atoms with Gasteiger partial charge in [-0.15, -0.1) is 0 Å². The van der Waals surface area contributed by atoms with Crippen molar-refractivity contribution in [3.05, 3.63) is 29.3 Å². The Morgan fingerprint density at radius 2 is 2.28 bits per heavy atom. The van der Waals surface area contributed by atoms with Gasteiger partial charge in [0.15, 0.2) is 0 Å². The lowest BCUT2D eigenvalue weighted by Gasteiger charge is -2.25. The van der Waals surface area contributed by atoms with E-state index in [1.54, 1.807) is 24.1 Å². The number of carbonyl (C=O) groups is 2. The molecule has 1 aromatic rings. The molecule has 0 atom stereocenters. The molecule has 1 amide bonds. The lowest BCUT2D eigenvalue weighted by molar-refractivity contribution is -0.137. The van der Waals surface area contributed by atoms with E-state index in [-0.39, 0.29) is 18.9 Å². The quantitative estimate of drug-likeness (QED) is 0.869. The van der Waals surface area contributed by atoms with E-state index < -0.39 is 5.97 Å². The first-order valence-electron chi connectivity index (χ1n) is 5.81. The van der Waals surface area contributed by atoms with Gasteiger partial charge in [0.25, 0.3) is 5.91 Å². The molecule has 5 heteroatoms. The number of fused-ring (bicyclic) bond motifs is 1. The molecule has 0 fully saturated rings. The average molecular weight is 249 g/mol. The Balaban J connectivity index is 2.08. The fourth-order valence-corrected chi connectivity index (χ4v) is 1.93. The predicted octanol–water partition coefficient (Wildman–Crippen LogP) is 1.17. The molecule has 1 aliphatic rings. The standard InChI is InChI=1S/C13H15NO4/c1-14-6-4-9-8-10(18-7-5-12(15)16)2-3-11(9)13(14)17/h2-3,8H,4-7H2,1H3,(H,15,16). The van der Waals surface area contributed by atoms with Crippen molar-refractivity contribution in [1.29, 1.82) is 0 Å². The number of rotatable bonds is 4. The Morgan fingerprint density at radius 3 is 3.00 bits per heavy atom. The first-order chi connectivity index (χ1) is 8.58. The zero-order valence-electron chi connectivity index (χ0n) is 10.2. The van der Waals surface area contributed by atoms with Crippen molar-refractivity contribution in [2.45, 2.75) is 12.8 Å². The molecule has 2 rings (SSSR count). The number of amides is 1. The highest BCUT2D eigenvalue weighted by molar-refractivity contribution is 5.96. The first-order valence-corrected chi connectivity index (χ1v) is 5.81. The van der Waals surface area contributed by atoms with Gasteiger partial charge in [-0.1, -0.05) is 0 Å². The van der Waals surface area contributed by atoms with Gasteiger partial charge in [-0.3, -0.25) is 9.59 Å². The van der Waals surface area contributed by atoms with Crippen molar-refractivity contribution in [2.24, 2.45) is 0 Å². The second-order valence-electron chi connectivity index (χ2n) is 4.29. The first kappa shape index (κ1) is 12.4. The fourth-order valence-electron chi connectivity index (χ4n) is 1.93. The molecule has 0 aliphatic carbocycles. The number of likely N-dealkylation sites (N-methyl/N-ethyl adjacent to an activating group) is 1. The van der Waals surface area contributed by atoms with E-state index in [1.165, 1.54) is 0 Å². The van der Waals surface area contributed by atoms with E-state index >= 15 is 0 Å². The average Bonchev–Trinajstić information content (AvgIpc) is 2.33. The summed E-state index contributed by atoms with van der Waals surface area (Å²) in [7, 11) is 1.78. The predicted molar refractivity (Wildman–Crippen MR) is 64.9 cm³/mol. The molecule has 0 radical (unpaired) electrons. The molecule has 96 valence electrons. The van der Waals surface area contributed by atoms with Crippen molar-refractivity contribution in [3.63, 3.8) is 0 Å². The largest absolute Gasteiger partial charge is 0.493 e. The number of hydrogen-bond acceptors (Lipinski definition) is 3. The fraction of sp³-hybridized carbons (Fsp3) is 0.385. The van der Waals surface area contributed by atoms with Gasteiger partial charge in [0.2, 0.25) is 0 Å². The molecule has 1 aromatic carbocycles. The number of ether oxygens (including phenoxy) is 1. The minimum absolute atomic E-state index is 0.0216. The van der Waals surface area contributed by atoms with Crippen LogP contribution in [0.4, 0.5) is 0 Å². The normalized spacial score (nSPS) is 14.3. The molecular weight excluding hydrogens is 234 g/mol. The van der Waals surface area contributed by atoms with Gasteiger partial charge in [0, 0.05) is 19.2 Å². The summed E-state index contributed by atoms with van der Waals surface area (Å²) in [5.41, 5.74) is 1.67. The SMILES string of the molecule is CN1CCc2cc(OCCC(=O)O)ccc2C1=O. The zero-order valence-corrected chi connectivity index (χ0v) is 10.2. The van der Waals surface area contributed by atoms with E-state index in [1.807, 2.05) is 6.07 Å². The molecule has 0 unspecified atom stereocenters. The van der Waals surface area contributed by atoms with Gasteiger partial charge in [-0.25, -0.2) is 0 Å². The van der Waals surface area contributed by atoms with Crippen LogP contribution in [0, 0.1) is 0 Å². The van der Waals surface area contributed by atoms with Crippen LogP contribution in [0.25, 0.3) is 0 Å². The monoisotopic (exact) mass is 249 g/mol. The third-order valence-corrected chi connectivity index (χ3v) is 2.96. The summed E-state index contributed by atoms with van der Waals surface area (Å²) >= 11 is 0. The number of aliphatic carboxylic acids is 1. The van der Waals surface area contributed by atoms with Crippen LogP contribution >= 0.6 is 0 Å². The minimum Gasteiger partial charge on any atom is -0.493 e. The van der Waals surface area contributed by atoms with E-state index in [0.717, 1.165) is 12.0 Å². The summed E-state index contributed by atoms with van der Waals surface area (Å²) in [4.78, 5) is 23.9. The Labute approximate surface area is 105 Å². The summed E-state index contributed by atoms with van der Waals surface area (Å²) in [6.07, 6.45) is 0.770. The van der Waals surface area contributed by atoms with E-state index in [2.05, 4.69) is 0 Å². The molecule has 5 nitrogen and oxygen atoms in total. The molecule has 0 saturated heterocycles. The van der Waals surface area contributed by atoms with Crippen LogP contribution in [-0.2, 0) is 11.2 Å². The summed E-state index contributed by atoms with van der Waals surface area (Å²) in [5, 5.41) is 8.52. The molecule has 0 bridgehead atoms. The molecule has 1 aliphatic heterocycles. The maximum Gasteiger partial charge on any atom is 0.306 e. The number of carbonyl (C=O) groups excluding carboxylic acids is 1. The van der Waals surface area contributed by atoms with E-state index in [9.17, 15) is 9.59 Å². The topological polar surface area (TPSA) is 66.8 Å². The Kier molecular flexibility index (Phi) is 3.50. The minimum atomic E-state index is -0.884. The molecule has 18 heavy (non-hydrogen) atoms. The molecule has 0 aromatic heterocycles. The number of hydrogen-bond donors (Lipinski definition) is 1. The number of carboxylic acid groups (broad SMARTS) is 1. The maximum absolute atomic E-state index is 11.8. The van der Waals surface area contributed by atoms with Crippen LogP contribution in [0.3, 0.4) is 0 Å². The van der Waals surface area contributed by atoms with E-state index in [0.29, 0.717) is 17.9 Å². The van der Waals surface area contributed by atoms with Gasteiger partial charge in [-0.05, 0) is 30.2 Å². The second kappa shape index (κ2) is 5.08. The van der Waals surface area contributed by atoms with Crippen molar-refractivity contribution >= 4 is 11.9 Å². The maximum atomic E-state index is 11.8. The zero-order chi connectivity index (χ0) is 13.1. The second-order valence-corrected chi connectivity index (χ2v) is 4.29. The van der Waals surface area contributed by atoms with Crippen LogP contribution in [0.2, 0.25) is 0 Å². The van der Waals surface area contributed by atoms with Gasteiger partial charge in [0.1, 0.15) is 5.75 Å². The lowest BCUT2D eigenvalue weighted by atomic mass is 9.99. The van der Waals surface area contributed by atoms with Crippen LogP contribution in [0.5, 0.6) is 5.75 Å². The smallest absolute Gasteiger partial charge is 0.306 e. The molecule has 0 saturated carbocycles. The molecule has 0 spiro atoms. The Morgan fingerprint density at radius 1 is 1.50 bits per heavy atom. The number of benzene rings is 1. The summed E-state index contributed by atoms with van der Waals surface area (Å²) in [5.74, 6) is -0.245. The summed E-state index contributed by atoms with van der Waals surface area (Å²) in [6, 6.07) is 5.27. The van der Waals surface area contributed by atoms with Gasteiger partial charge in [-0.2, -0.15) is 0 Å². The Bertz CT molecular complexity index is 484. The van der Waals surface area contributed by atoms with Crippen molar-refractivity contribution in [1.82, 2.24) is 4.90 Å². The third-order valence-electron chi connectivity index (χ3n) is 2.96. The Hall–Kier alpha value is -2.04.